The van der Waals surface area contributed by atoms with Crippen molar-refractivity contribution in [1.82, 2.24) is 0 Å². The molecule has 5 aliphatic carbocycles. The fraction of sp³-hybridized carbons (Fsp3) is 0.750. The number of allylic oxidation sites excluding steroid dienone is 5. The molecule has 0 bridgehead atoms. The molecule has 9 nitrogen and oxygen atoms in total. The summed E-state index contributed by atoms with van der Waals surface area (Å²) >= 11 is 0. The van der Waals surface area contributed by atoms with E-state index < -0.39 is 64.0 Å². The van der Waals surface area contributed by atoms with Gasteiger partial charge in [0.1, 0.15) is 18.8 Å². The molecule has 0 aromatic heterocycles. The van der Waals surface area contributed by atoms with E-state index in [9.17, 15) is 29.7 Å². The van der Waals surface area contributed by atoms with E-state index in [4.69, 9.17) is 14.2 Å². The molecular formula is C44H70O9. The lowest BCUT2D eigenvalue weighted by Gasteiger charge is -2.72. The molecule has 300 valence electrons. The van der Waals surface area contributed by atoms with E-state index >= 15 is 0 Å². The molecule has 0 aromatic carbocycles. The first-order chi connectivity index (χ1) is 23.8. The van der Waals surface area contributed by atoms with Gasteiger partial charge in [-0.2, -0.15) is 0 Å². The number of rotatable bonds is 8. The maximum Gasteiger partial charge on any atom is 0.330 e. The van der Waals surface area contributed by atoms with Crippen molar-refractivity contribution in [3.63, 3.8) is 0 Å². The van der Waals surface area contributed by atoms with Crippen LogP contribution < -0.4 is 0 Å². The lowest BCUT2D eigenvalue weighted by atomic mass is 9.33. The Morgan fingerprint density at radius 3 is 1.91 bits per heavy atom. The number of ether oxygens (including phenoxy) is 3. The van der Waals surface area contributed by atoms with Crippen molar-refractivity contribution in [2.45, 2.75) is 147 Å². The third kappa shape index (κ3) is 6.90. The lowest BCUT2D eigenvalue weighted by Crippen LogP contribution is -2.72. The van der Waals surface area contributed by atoms with Crippen LogP contribution in [0.25, 0.3) is 0 Å². The Labute approximate surface area is 319 Å². The number of esters is 3. The molecular weight excluding hydrogens is 672 g/mol. The molecule has 0 spiro atoms. The number of aliphatic hydroxyl groups is 3. The van der Waals surface area contributed by atoms with Crippen molar-refractivity contribution in [2.75, 3.05) is 13.2 Å². The second kappa shape index (κ2) is 15.8. The summed E-state index contributed by atoms with van der Waals surface area (Å²) in [6, 6.07) is 0. The molecule has 0 radical (unpaired) electrons. The highest BCUT2D eigenvalue weighted by atomic mass is 16.6. The zero-order valence-corrected chi connectivity index (χ0v) is 32.2. The van der Waals surface area contributed by atoms with Crippen LogP contribution in [-0.4, -0.2) is 70.9 Å². The van der Waals surface area contributed by atoms with Crippen LogP contribution in [0.15, 0.2) is 48.1 Å². The van der Waals surface area contributed by atoms with Gasteiger partial charge in [0.15, 0.2) is 0 Å². The van der Waals surface area contributed by atoms with Gasteiger partial charge in [0, 0.05) is 29.1 Å². The molecule has 3 unspecified atom stereocenters. The van der Waals surface area contributed by atoms with E-state index in [1.807, 2.05) is 13.8 Å². The minimum atomic E-state index is -1.30. The summed E-state index contributed by atoms with van der Waals surface area (Å²) in [7, 11) is 0. The van der Waals surface area contributed by atoms with Gasteiger partial charge in [-0.05, 0) is 99.7 Å². The number of hydrogen-bond acceptors (Lipinski definition) is 9. The summed E-state index contributed by atoms with van der Waals surface area (Å²) in [4.78, 5) is 38.0. The van der Waals surface area contributed by atoms with Gasteiger partial charge >= 0.3 is 17.9 Å². The molecule has 0 amide bonds. The molecule has 12 atom stereocenters. The Morgan fingerprint density at radius 2 is 1.32 bits per heavy atom. The minimum absolute atomic E-state index is 0. The Kier molecular flexibility index (Phi) is 13.3. The van der Waals surface area contributed by atoms with Crippen molar-refractivity contribution < 1.29 is 43.9 Å². The summed E-state index contributed by atoms with van der Waals surface area (Å²) in [6.07, 6.45) is 12.2. The summed E-state index contributed by atoms with van der Waals surface area (Å²) in [6.45, 7) is 18.2. The first-order valence-corrected chi connectivity index (χ1v) is 19.0. The monoisotopic (exact) mass is 743 g/mol. The number of aliphatic hydroxyl groups excluding tert-OH is 3. The summed E-state index contributed by atoms with van der Waals surface area (Å²) in [5.74, 6) is -1.53. The number of hydrogen-bond donors (Lipinski definition) is 3. The molecule has 53 heavy (non-hydrogen) atoms. The summed E-state index contributed by atoms with van der Waals surface area (Å²) in [5.41, 5.74) is -2.26. The minimum Gasteiger partial charge on any atom is -0.462 e. The fourth-order valence-corrected chi connectivity index (χ4v) is 12.2. The predicted octanol–water partition coefficient (Wildman–Crippen LogP) is 7.68. The highest BCUT2D eigenvalue weighted by molar-refractivity contribution is 5.82. The van der Waals surface area contributed by atoms with Crippen LogP contribution in [0.4, 0.5) is 0 Å². The van der Waals surface area contributed by atoms with Crippen molar-refractivity contribution in [1.29, 1.82) is 0 Å². The number of fused-ring (bicyclic) bond motifs is 7. The van der Waals surface area contributed by atoms with Gasteiger partial charge in [0.25, 0.3) is 0 Å². The summed E-state index contributed by atoms with van der Waals surface area (Å²) in [5, 5.41) is 36.4. The molecule has 4 saturated carbocycles. The van der Waals surface area contributed by atoms with E-state index in [0.717, 1.165) is 25.7 Å². The zero-order valence-electron chi connectivity index (χ0n) is 32.2. The van der Waals surface area contributed by atoms with Gasteiger partial charge in [-0.15, -0.1) is 0 Å². The topological polar surface area (TPSA) is 140 Å². The summed E-state index contributed by atoms with van der Waals surface area (Å²) < 4.78 is 17.5. The number of carbonyl (C=O) groups is 3. The molecule has 5 aliphatic rings. The van der Waals surface area contributed by atoms with Crippen LogP contribution in [-0.2, 0) is 28.6 Å². The highest BCUT2D eigenvalue weighted by Gasteiger charge is 2.73. The normalized spacial score (nSPS) is 42.9. The van der Waals surface area contributed by atoms with Crippen molar-refractivity contribution >= 4 is 17.9 Å². The van der Waals surface area contributed by atoms with E-state index in [2.05, 4.69) is 33.8 Å². The Balaban J connectivity index is 0.00000378. The largest absolute Gasteiger partial charge is 0.462 e. The third-order valence-corrected chi connectivity index (χ3v) is 15.0. The fourth-order valence-electron chi connectivity index (χ4n) is 12.2. The van der Waals surface area contributed by atoms with Gasteiger partial charge in [-0.3, -0.25) is 0 Å². The standard InChI is InChI=1S/C42H62O9.2CH4/c1-10-13-32(45)49-24-39(7)28-18-21-40(8)29(38(28,6)20-19-30(39)43)17-16-26-27-22-37(4,5)36(51-34(47)15-12-3)35(48)42(27,25-50-33(46)14-11-2)31(44)23-41(26,40)9;;/h10-16,27-31,35-36,43-44,48H,17-25H2,1-9H3;2*1H4/b13-10+,14-11+,15-12+;;/t27?,28?,29?,30-,31+,35-,36-,38-,39+,40+,41+,42-;;/m0../s1. The zero-order chi connectivity index (χ0) is 37.8. The van der Waals surface area contributed by atoms with Crippen molar-refractivity contribution in [3.05, 3.63) is 48.1 Å². The average molecular weight is 743 g/mol. The molecule has 3 N–H and O–H groups in total. The van der Waals surface area contributed by atoms with Crippen molar-refractivity contribution in [3.8, 4) is 0 Å². The Bertz CT molecular complexity index is 1490. The van der Waals surface area contributed by atoms with E-state index in [1.165, 1.54) is 23.8 Å². The molecule has 0 aliphatic heterocycles. The first kappa shape index (κ1) is 44.6. The SMILES string of the molecule is C.C.C/C=C/C(=O)OC[C@@]12C(CC(C)(C)[C@@H](OC(=O)/C=C/C)[C@@H]1O)C1=CCC3[C@@]4(C)CC[C@H](O)[C@](C)(COC(=O)/C=C/C)C4CC[C@@]3(C)[C@]1(C)C[C@H]2O. The van der Waals surface area contributed by atoms with Gasteiger partial charge in [-0.25, -0.2) is 14.4 Å². The van der Waals surface area contributed by atoms with Crippen LogP contribution in [0.3, 0.4) is 0 Å². The van der Waals surface area contributed by atoms with E-state index in [-0.39, 0.29) is 56.7 Å². The molecule has 5 rings (SSSR count). The van der Waals surface area contributed by atoms with Crippen LogP contribution in [0.1, 0.15) is 122 Å². The molecule has 4 fully saturated rings. The van der Waals surface area contributed by atoms with Crippen LogP contribution >= 0.6 is 0 Å². The average Bonchev–Trinajstić information content (AvgIpc) is 3.04. The molecule has 0 aromatic rings. The van der Waals surface area contributed by atoms with Gasteiger partial charge in [0.2, 0.25) is 0 Å². The predicted molar refractivity (Wildman–Crippen MR) is 207 cm³/mol. The van der Waals surface area contributed by atoms with Gasteiger partial charge in [-0.1, -0.05) is 86.3 Å². The second-order valence-corrected chi connectivity index (χ2v) is 18.0. The molecule has 9 heteroatoms. The smallest absolute Gasteiger partial charge is 0.330 e. The van der Waals surface area contributed by atoms with Crippen molar-refractivity contribution in [2.24, 2.45) is 50.2 Å². The maximum atomic E-state index is 12.8. The van der Waals surface area contributed by atoms with Gasteiger partial charge in [0.05, 0.1) is 24.2 Å². The maximum absolute atomic E-state index is 12.8. The van der Waals surface area contributed by atoms with E-state index in [0.29, 0.717) is 19.3 Å². The van der Waals surface area contributed by atoms with Gasteiger partial charge < -0.3 is 29.5 Å². The lowest BCUT2D eigenvalue weighted by molar-refractivity contribution is -0.263. The molecule has 0 saturated heterocycles. The first-order valence-electron chi connectivity index (χ1n) is 19.0. The highest BCUT2D eigenvalue weighted by Crippen LogP contribution is 2.76. The second-order valence-electron chi connectivity index (χ2n) is 18.0. The van der Waals surface area contributed by atoms with Crippen LogP contribution in [0.5, 0.6) is 0 Å². The number of carbonyl (C=O) groups excluding carboxylic acids is 3. The third-order valence-electron chi connectivity index (χ3n) is 15.0. The van der Waals surface area contributed by atoms with Crippen LogP contribution in [0, 0.1) is 50.2 Å². The Hall–Kier alpha value is -2.75. The Morgan fingerprint density at radius 1 is 0.755 bits per heavy atom. The van der Waals surface area contributed by atoms with Crippen LogP contribution in [0.2, 0.25) is 0 Å². The quantitative estimate of drug-likeness (QED) is 0.0989. The molecule has 0 heterocycles. The van der Waals surface area contributed by atoms with E-state index in [1.54, 1.807) is 39.0 Å².